The van der Waals surface area contributed by atoms with Crippen molar-refractivity contribution in [2.45, 2.75) is 57.8 Å². The van der Waals surface area contributed by atoms with Crippen molar-refractivity contribution in [3.8, 4) is 55.6 Å². The van der Waals surface area contributed by atoms with Crippen LogP contribution in [0.25, 0.3) is 99.1 Å². The Morgan fingerprint density at radius 3 is 1.18 bits per heavy atom. The lowest BCUT2D eigenvalue weighted by molar-refractivity contribution is 0.659. The van der Waals surface area contributed by atoms with Crippen LogP contribution in [0.3, 0.4) is 0 Å². The minimum atomic E-state index is -0.284. The fourth-order valence-corrected chi connectivity index (χ4v) is 13.8. The van der Waals surface area contributed by atoms with E-state index in [1.54, 1.807) is 0 Å². The van der Waals surface area contributed by atoms with Gasteiger partial charge in [-0.25, -0.2) is 0 Å². The Kier molecular flexibility index (Phi) is 8.57. The zero-order valence-electron chi connectivity index (χ0n) is 42.1. The molecule has 2 nitrogen and oxygen atoms in total. The van der Waals surface area contributed by atoms with E-state index in [2.05, 4.69) is 259 Å². The highest BCUT2D eigenvalue weighted by atomic mass is 16.3. The van der Waals surface area contributed by atoms with E-state index in [9.17, 15) is 0 Å². The van der Waals surface area contributed by atoms with E-state index < -0.39 is 0 Å². The van der Waals surface area contributed by atoms with Crippen LogP contribution in [0.5, 0.6) is 0 Å². The predicted molar refractivity (Wildman–Crippen MR) is 307 cm³/mol. The maximum absolute atomic E-state index is 6.70. The summed E-state index contributed by atoms with van der Waals surface area (Å²) in [6.45, 7) is 14.4. The molecule has 3 aliphatic rings. The quantitative estimate of drug-likeness (QED) is 0.160. The summed E-state index contributed by atoms with van der Waals surface area (Å²) in [6, 6.07) is 79.7. The molecule has 0 fully saturated rings. The standard InChI is InChI=1S/C71H53NO/c1-69(2)59-27-14-11-18-46(59)49-35-31-43(39-62(49)69)72(44-32-36-50-47-19-12-15-28-60(47)70(3,4)63(50)40-44)45-33-37-51-48-34-30-42(38-61(48)71(5,6)64(51)41-45)66-53-21-7-9-23-55(53)67(56-24-10-8-22-54(56)66)58-26-17-25-57-52-20-13-16-29-65(52)73-68(57)58/h7-41H,1-6H3. The summed E-state index contributed by atoms with van der Waals surface area (Å²) in [5, 5.41) is 7.18. The lowest BCUT2D eigenvalue weighted by atomic mass is 9.80. The van der Waals surface area contributed by atoms with Crippen LogP contribution in [0.2, 0.25) is 0 Å². The Hall–Kier alpha value is -8.46. The topological polar surface area (TPSA) is 16.4 Å². The lowest BCUT2D eigenvalue weighted by Gasteiger charge is -2.31. The van der Waals surface area contributed by atoms with Crippen molar-refractivity contribution in [1.29, 1.82) is 0 Å². The third-order valence-corrected chi connectivity index (χ3v) is 17.5. The lowest BCUT2D eigenvalue weighted by Crippen LogP contribution is -2.19. The fourth-order valence-electron chi connectivity index (χ4n) is 13.8. The molecule has 12 aromatic rings. The number of benzene rings is 11. The second kappa shape index (κ2) is 14.8. The average molecular weight is 936 g/mol. The van der Waals surface area contributed by atoms with E-state index in [4.69, 9.17) is 4.42 Å². The summed E-state index contributed by atoms with van der Waals surface area (Å²) in [5.41, 5.74) is 25.7. The van der Waals surface area contributed by atoms with Crippen LogP contribution in [0.1, 0.15) is 74.9 Å². The molecule has 0 spiro atoms. The number of furan rings is 1. The number of para-hydroxylation sites is 2. The molecule has 348 valence electrons. The van der Waals surface area contributed by atoms with Crippen LogP contribution in [0, 0.1) is 0 Å². The van der Waals surface area contributed by atoms with Crippen LogP contribution < -0.4 is 4.90 Å². The molecule has 0 radical (unpaired) electrons. The first-order chi connectivity index (χ1) is 35.5. The van der Waals surface area contributed by atoms with E-state index >= 15 is 0 Å². The summed E-state index contributed by atoms with van der Waals surface area (Å²) < 4.78 is 6.70. The fraction of sp³-hybridized carbons (Fsp3) is 0.127. The molecule has 11 aromatic carbocycles. The molecule has 0 saturated carbocycles. The van der Waals surface area contributed by atoms with Gasteiger partial charge in [0.05, 0.1) is 0 Å². The molecule has 1 heterocycles. The highest BCUT2D eigenvalue weighted by Crippen LogP contribution is 2.56. The molecule has 0 saturated heterocycles. The van der Waals surface area contributed by atoms with Gasteiger partial charge in [0.2, 0.25) is 0 Å². The molecule has 0 amide bonds. The first kappa shape index (κ1) is 42.2. The zero-order valence-corrected chi connectivity index (χ0v) is 42.1. The third-order valence-electron chi connectivity index (χ3n) is 17.5. The molecule has 15 rings (SSSR count). The Balaban J connectivity index is 0.884. The van der Waals surface area contributed by atoms with Gasteiger partial charge in [-0.2, -0.15) is 0 Å². The van der Waals surface area contributed by atoms with E-state index in [1.807, 2.05) is 0 Å². The van der Waals surface area contributed by atoms with Crippen molar-refractivity contribution in [3.05, 3.63) is 246 Å². The van der Waals surface area contributed by atoms with E-state index in [-0.39, 0.29) is 16.2 Å². The molecule has 0 bridgehead atoms. The maximum atomic E-state index is 6.70. The Morgan fingerprint density at radius 2 is 0.658 bits per heavy atom. The van der Waals surface area contributed by atoms with Crippen molar-refractivity contribution in [3.63, 3.8) is 0 Å². The van der Waals surface area contributed by atoms with Crippen molar-refractivity contribution in [2.24, 2.45) is 0 Å². The van der Waals surface area contributed by atoms with E-state index in [0.29, 0.717) is 0 Å². The SMILES string of the molecule is CC1(C)c2ccccc2-c2ccc(N(c3ccc4c(c3)C(C)(C)c3ccccc3-4)c3ccc4c(c3)C(C)(C)c3cc(-c5c6ccccc6c(-c6cccc7c6oc6ccccc67)c6ccccc56)ccc3-4)cc21. The number of anilines is 3. The van der Waals surface area contributed by atoms with Crippen molar-refractivity contribution >= 4 is 60.5 Å². The summed E-state index contributed by atoms with van der Waals surface area (Å²) >= 11 is 0. The molecule has 0 atom stereocenters. The summed E-state index contributed by atoms with van der Waals surface area (Å²) in [6.07, 6.45) is 0. The third kappa shape index (κ3) is 5.75. The minimum Gasteiger partial charge on any atom is -0.455 e. The van der Waals surface area contributed by atoms with E-state index in [1.165, 1.54) is 116 Å². The van der Waals surface area contributed by atoms with Gasteiger partial charge >= 0.3 is 0 Å². The van der Waals surface area contributed by atoms with Gasteiger partial charge < -0.3 is 9.32 Å². The number of fused-ring (bicyclic) bond motifs is 14. The normalized spacial score (nSPS) is 15.0. The van der Waals surface area contributed by atoms with Gasteiger partial charge in [-0.05, 0) is 148 Å². The first-order valence-electron chi connectivity index (χ1n) is 25.9. The van der Waals surface area contributed by atoms with Gasteiger partial charge in [-0.1, -0.05) is 205 Å². The molecule has 2 heteroatoms. The summed E-state index contributed by atoms with van der Waals surface area (Å²) in [4.78, 5) is 2.52. The molecule has 1 aromatic heterocycles. The monoisotopic (exact) mass is 935 g/mol. The van der Waals surface area contributed by atoms with Gasteiger partial charge in [0.1, 0.15) is 11.2 Å². The summed E-state index contributed by atoms with van der Waals surface area (Å²) in [7, 11) is 0. The van der Waals surface area contributed by atoms with Crippen LogP contribution in [-0.4, -0.2) is 0 Å². The molecule has 0 aliphatic heterocycles. The largest absolute Gasteiger partial charge is 0.455 e. The first-order valence-corrected chi connectivity index (χ1v) is 25.9. The van der Waals surface area contributed by atoms with Gasteiger partial charge in [-0.3, -0.25) is 0 Å². The molecule has 0 unspecified atom stereocenters. The van der Waals surface area contributed by atoms with Crippen LogP contribution >= 0.6 is 0 Å². The van der Waals surface area contributed by atoms with Gasteiger partial charge in [-0.15, -0.1) is 0 Å². The Labute approximate surface area is 426 Å². The van der Waals surface area contributed by atoms with Crippen LogP contribution in [0.4, 0.5) is 17.1 Å². The van der Waals surface area contributed by atoms with Crippen molar-refractivity contribution < 1.29 is 4.42 Å². The van der Waals surface area contributed by atoms with Gasteiger partial charge in [0.15, 0.2) is 0 Å². The Bertz CT molecular complexity index is 4200. The number of hydrogen-bond donors (Lipinski definition) is 0. The summed E-state index contributed by atoms with van der Waals surface area (Å²) in [5.74, 6) is 0. The highest BCUT2D eigenvalue weighted by molar-refractivity contribution is 6.24. The zero-order chi connectivity index (χ0) is 49.1. The van der Waals surface area contributed by atoms with Gasteiger partial charge in [0, 0.05) is 55.2 Å². The highest BCUT2D eigenvalue weighted by Gasteiger charge is 2.40. The van der Waals surface area contributed by atoms with Crippen LogP contribution in [0.15, 0.2) is 217 Å². The molecular weight excluding hydrogens is 883 g/mol. The Morgan fingerprint density at radius 1 is 0.288 bits per heavy atom. The molecular formula is C71H53NO. The maximum Gasteiger partial charge on any atom is 0.143 e. The number of hydrogen-bond acceptors (Lipinski definition) is 2. The van der Waals surface area contributed by atoms with E-state index in [0.717, 1.165) is 33.2 Å². The minimum absolute atomic E-state index is 0.131. The smallest absolute Gasteiger partial charge is 0.143 e. The van der Waals surface area contributed by atoms with Gasteiger partial charge in [0.25, 0.3) is 0 Å². The second-order valence-corrected chi connectivity index (χ2v) is 22.4. The van der Waals surface area contributed by atoms with Crippen molar-refractivity contribution in [1.82, 2.24) is 0 Å². The molecule has 3 aliphatic carbocycles. The second-order valence-electron chi connectivity index (χ2n) is 22.4. The number of rotatable bonds is 5. The predicted octanol–water partition coefficient (Wildman–Crippen LogP) is 19.6. The number of nitrogens with zero attached hydrogens (tertiary/aromatic N) is 1. The molecule has 0 N–H and O–H groups in total. The molecule has 73 heavy (non-hydrogen) atoms. The van der Waals surface area contributed by atoms with Crippen molar-refractivity contribution in [2.75, 3.05) is 4.90 Å². The average Bonchev–Trinajstić information content (AvgIpc) is 4.06. The van der Waals surface area contributed by atoms with Crippen LogP contribution in [-0.2, 0) is 16.2 Å².